The predicted octanol–water partition coefficient (Wildman–Crippen LogP) is 0.259. The summed E-state index contributed by atoms with van der Waals surface area (Å²) in [4.78, 5) is 24.1. The van der Waals surface area contributed by atoms with Crippen molar-refractivity contribution in [2.45, 2.75) is 31.4 Å². The van der Waals surface area contributed by atoms with Crippen LogP contribution in [0.4, 0.5) is 0 Å². The average Bonchev–Trinajstić information content (AvgIpc) is 2.94. The van der Waals surface area contributed by atoms with Crippen molar-refractivity contribution in [1.82, 2.24) is 4.90 Å². The first-order chi connectivity index (χ1) is 8.58. The van der Waals surface area contributed by atoms with Crippen molar-refractivity contribution < 1.29 is 24.2 Å². The molecule has 18 heavy (non-hydrogen) atoms. The van der Waals surface area contributed by atoms with E-state index in [9.17, 15) is 14.7 Å². The lowest BCUT2D eigenvalue weighted by molar-refractivity contribution is -0.148. The van der Waals surface area contributed by atoms with Crippen molar-refractivity contribution in [2.75, 3.05) is 6.54 Å². The van der Waals surface area contributed by atoms with Crippen LogP contribution in [0.3, 0.4) is 0 Å². The van der Waals surface area contributed by atoms with Crippen LogP contribution < -0.4 is 0 Å². The third-order valence-corrected chi connectivity index (χ3v) is 3.05. The number of carboxylic acid groups (broad SMARTS) is 1. The Morgan fingerprint density at radius 1 is 1.50 bits per heavy atom. The standard InChI is InChI=1S/C12H15NO5/c14-8-6-10(12(16)17)13(7-8)11(15)4-3-9-2-1-5-18-9/h1-2,5,8,10,14H,3-4,6-7H2,(H,16,17)/t8-,10-/m0/s1. The number of β-amino-alcohol motifs (C(OH)–C–C–N with tert-alkyl or cyclic N) is 1. The number of aryl methyl sites for hydroxylation is 1. The summed E-state index contributed by atoms with van der Waals surface area (Å²) in [6.07, 6.45) is 1.49. The van der Waals surface area contributed by atoms with E-state index in [-0.39, 0.29) is 25.3 Å². The number of aliphatic hydroxyl groups is 1. The SMILES string of the molecule is O=C(O)[C@@H]1C[C@H](O)CN1C(=O)CCc1ccco1. The lowest BCUT2D eigenvalue weighted by atomic mass is 10.2. The van der Waals surface area contributed by atoms with Crippen molar-refractivity contribution in [1.29, 1.82) is 0 Å². The van der Waals surface area contributed by atoms with Gasteiger partial charge in [-0.05, 0) is 12.1 Å². The molecule has 1 aliphatic heterocycles. The third kappa shape index (κ3) is 2.70. The van der Waals surface area contributed by atoms with Crippen LogP contribution in [0.5, 0.6) is 0 Å². The fourth-order valence-electron chi connectivity index (χ4n) is 2.15. The molecule has 0 spiro atoms. The Hall–Kier alpha value is -1.82. The minimum Gasteiger partial charge on any atom is -0.480 e. The van der Waals surface area contributed by atoms with Crippen LogP contribution in [-0.2, 0) is 16.0 Å². The topological polar surface area (TPSA) is 91.0 Å². The highest BCUT2D eigenvalue weighted by Crippen LogP contribution is 2.19. The maximum absolute atomic E-state index is 11.9. The molecule has 1 aromatic heterocycles. The van der Waals surface area contributed by atoms with Gasteiger partial charge in [0.2, 0.25) is 5.91 Å². The van der Waals surface area contributed by atoms with E-state index in [1.54, 1.807) is 12.1 Å². The van der Waals surface area contributed by atoms with Gasteiger partial charge in [-0.1, -0.05) is 0 Å². The van der Waals surface area contributed by atoms with E-state index in [2.05, 4.69) is 0 Å². The Labute approximate surface area is 104 Å². The molecular formula is C12H15NO5. The van der Waals surface area contributed by atoms with E-state index in [1.165, 1.54) is 11.2 Å². The summed E-state index contributed by atoms with van der Waals surface area (Å²) < 4.78 is 5.11. The van der Waals surface area contributed by atoms with Crippen molar-refractivity contribution >= 4 is 11.9 Å². The van der Waals surface area contributed by atoms with Gasteiger partial charge in [-0.15, -0.1) is 0 Å². The number of carbonyl (C=O) groups excluding carboxylic acids is 1. The van der Waals surface area contributed by atoms with E-state index in [1.807, 2.05) is 0 Å². The summed E-state index contributed by atoms with van der Waals surface area (Å²) in [7, 11) is 0. The lowest BCUT2D eigenvalue weighted by Crippen LogP contribution is -2.40. The number of rotatable bonds is 4. The van der Waals surface area contributed by atoms with Crippen LogP contribution in [-0.4, -0.2) is 45.7 Å². The molecule has 1 aromatic rings. The van der Waals surface area contributed by atoms with Crippen molar-refractivity contribution in [3.05, 3.63) is 24.2 Å². The summed E-state index contributed by atoms with van der Waals surface area (Å²) >= 11 is 0. The quantitative estimate of drug-likeness (QED) is 0.803. The minimum absolute atomic E-state index is 0.0912. The van der Waals surface area contributed by atoms with Gasteiger partial charge in [0.25, 0.3) is 0 Å². The average molecular weight is 253 g/mol. The second-order valence-corrected chi connectivity index (χ2v) is 4.37. The number of aliphatic carboxylic acids is 1. The maximum Gasteiger partial charge on any atom is 0.326 e. The van der Waals surface area contributed by atoms with Crippen LogP contribution in [0.1, 0.15) is 18.6 Å². The Kier molecular flexibility index (Phi) is 3.66. The Bertz CT molecular complexity index is 428. The fourth-order valence-corrected chi connectivity index (χ4v) is 2.15. The van der Waals surface area contributed by atoms with Gasteiger partial charge < -0.3 is 19.5 Å². The Morgan fingerprint density at radius 2 is 2.28 bits per heavy atom. The number of likely N-dealkylation sites (tertiary alicyclic amines) is 1. The van der Waals surface area contributed by atoms with E-state index in [4.69, 9.17) is 9.52 Å². The first-order valence-electron chi connectivity index (χ1n) is 5.80. The molecule has 0 unspecified atom stereocenters. The number of amides is 1. The molecule has 6 heteroatoms. The molecule has 0 aliphatic carbocycles. The van der Waals surface area contributed by atoms with Gasteiger partial charge in [0.15, 0.2) is 0 Å². The van der Waals surface area contributed by atoms with E-state index in [0.29, 0.717) is 12.2 Å². The summed E-state index contributed by atoms with van der Waals surface area (Å²) in [5, 5.41) is 18.4. The molecule has 98 valence electrons. The van der Waals surface area contributed by atoms with E-state index < -0.39 is 18.1 Å². The van der Waals surface area contributed by atoms with Crippen LogP contribution in [0.15, 0.2) is 22.8 Å². The van der Waals surface area contributed by atoms with Gasteiger partial charge >= 0.3 is 5.97 Å². The maximum atomic E-state index is 11.9. The third-order valence-electron chi connectivity index (χ3n) is 3.05. The monoisotopic (exact) mass is 253 g/mol. The molecule has 2 N–H and O–H groups in total. The minimum atomic E-state index is -1.07. The largest absolute Gasteiger partial charge is 0.480 e. The van der Waals surface area contributed by atoms with Crippen LogP contribution >= 0.6 is 0 Å². The number of hydrogen-bond donors (Lipinski definition) is 2. The summed E-state index contributed by atoms with van der Waals surface area (Å²) in [5.41, 5.74) is 0. The highest BCUT2D eigenvalue weighted by molar-refractivity contribution is 5.84. The zero-order chi connectivity index (χ0) is 13.1. The second kappa shape index (κ2) is 5.22. The number of carbonyl (C=O) groups is 2. The number of nitrogens with zero attached hydrogens (tertiary/aromatic N) is 1. The molecule has 2 atom stereocenters. The Balaban J connectivity index is 1.93. The first kappa shape index (κ1) is 12.6. The summed E-state index contributed by atoms with van der Waals surface area (Å²) in [6.45, 7) is 0.0912. The zero-order valence-electron chi connectivity index (χ0n) is 9.78. The van der Waals surface area contributed by atoms with Crippen LogP contribution in [0.2, 0.25) is 0 Å². The van der Waals surface area contributed by atoms with Gasteiger partial charge in [-0.3, -0.25) is 4.79 Å². The zero-order valence-corrected chi connectivity index (χ0v) is 9.78. The van der Waals surface area contributed by atoms with Crippen LogP contribution in [0.25, 0.3) is 0 Å². The van der Waals surface area contributed by atoms with E-state index in [0.717, 1.165) is 0 Å². The molecule has 6 nitrogen and oxygen atoms in total. The van der Waals surface area contributed by atoms with E-state index >= 15 is 0 Å². The molecular weight excluding hydrogens is 238 g/mol. The predicted molar refractivity (Wildman–Crippen MR) is 60.8 cm³/mol. The van der Waals surface area contributed by atoms with Crippen molar-refractivity contribution in [3.8, 4) is 0 Å². The molecule has 0 saturated carbocycles. The number of hydrogen-bond acceptors (Lipinski definition) is 4. The number of aliphatic hydroxyl groups excluding tert-OH is 1. The lowest BCUT2D eigenvalue weighted by Gasteiger charge is -2.20. The fraction of sp³-hybridized carbons (Fsp3) is 0.500. The van der Waals surface area contributed by atoms with Gasteiger partial charge in [0.1, 0.15) is 11.8 Å². The Morgan fingerprint density at radius 3 is 2.89 bits per heavy atom. The molecule has 2 heterocycles. The molecule has 1 saturated heterocycles. The molecule has 1 fully saturated rings. The second-order valence-electron chi connectivity index (χ2n) is 4.37. The highest BCUT2D eigenvalue weighted by Gasteiger charge is 2.38. The molecule has 1 amide bonds. The molecule has 0 radical (unpaired) electrons. The van der Waals surface area contributed by atoms with Crippen molar-refractivity contribution in [3.63, 3.8) is 0 Å². The molecule has 2 rings (SSSR count). The highest BCUT2D eigenvalue weighted by atomic mass is 16.4. The number of furan rings is 1. The molecule has 0 bridgehead atoms. The van der Waals surface area contributed by atoms with Gasteiger partial charge in [0.05, 0.1) is 12.4 Å². The van der Waals surface area contributed by atoms with Gasteiger partial charge in [-0.2, -0.15) is 0 Å². The van der Waals surface area contributed by atoms with Crippen LogP contribution in [0, 0.1) is 0 Å². The number of carboxylic acids is 1. The first-order valence-corrected chi connectivity index (χ1v) is 5.80. The normalized spacial score (nSPS) is 23.3. The molecule has 0 aromatic carbocycles. The summed E-state index contributed by atoms with van der Waals surface area (Å²) in [6, 6.07) is 2.59. The van der Waals surface area contributed by atoms with Gasteiger partial charge in [0, 0.05) is 25.8 Å². The smallest absolute Gasteiger partial charge is 0.326 e. The molecule has 1 aliphatic rings. The van der Waals surface area contributed by atoms with Gasteiger partial charge in [-0.25, -0.2) is 4.79 Å². The van der Waals surface area contributed by atoms with Crippen molar-refractivity contribution in [2.24, 2.45) is 0 Å². The summed E-state index contributed by atoms with van der Waals surface area (Å²) in [5.74, 6) is -0.650.